The zero-order valence-electron chi connectivity index (χ0n) is 11.6. The predicted octanol–water partition coefficient (Wildman–Crippen LogP) is 3.27. The number of nitrogens with one attached hydrogen (secondary N) is 1. The van der Waals surface area contributed by atoms with Gasteiger partial charge in [-0.15, -0.1) is 0 Å². The summed E-state index contributed by atoms with van der Waals surface area (Å²) in [5.41, 5.74) is 1.50. The molecule has 0 aliphatic carbocycles. The first-order valence-corrected chi connectivity index (χ1v) is 7.99. The van der Waals surface area contributed by atoms with Gasteiger partial charge in [0.05, 0.1) is 23.0 Å². The first-order valence-electron chi connectivity index (χ1n) is 7.23. The molecule has 2 N–H and O–H groups in total. The smallest absolute Gasteiger partial charge is 0.179 e. The number of aliphatic hydroxyl groups is 1. The highest BCUT2D eigenvalue weighted by Crippen LogP contribution is 2.24. The fraction of sp³-hybridized carbons (Fsp3) is 0.600. The second kappa shape index (κ2) is 7.59. The molecule has 1 aliphatic rings. The molecule has 7 heteroatoms. The maximum absolute atomic E-state index is 9.94. The summed E-state index contributed by atoms with van der Waals surface area (Å²) in [5, 5.41) is 14.0. The Morgan fingerprint density at radius 2 is 2.23 bits per heavy atom. The van der Waals surface area contributed by atoms with E-state index in [1.807, 2.05) is 4.57 Å². The highest BCUT2D eigenvalue weighted by Gasteiger charge is 2.21. The summed E-state index contributed by atoms with van der Waals surface area (Å²) in [4.78, 5) is 8.40. The Labute approximate surface area is 140 Å². The molecule has 2 atom stereocenters. The first kappa shape index (κ1) is 17.5. The van der Waals surface area contributed by atoms with Crippen molar-refractivity contribution in [3.8, 4) is 0 Å². The van der Waals surface area contributed by atoms with Gasteiger partial charge in [-0.1, -0.05) is 30.6 Å². The molecule has 0 saturated carbocycles. The second-order valence-electron chi connectivity index (χ2n) is 5.45. The van der Waals surface area contributed by atoms with Crippen LogP contribution in [-0.2, 0) is 6.54 Å². The number of aryl methyl sites for hydroxylation is 1. The molecule has 0 unspecified atom stereocenters. The van der Waals surface area contributed by atoms with Gasteiger partial charge in [0.15, 0.2) is 5.65 Å². The molecule has 0 aromatic carbocycles. The summed E-state index contributed by atoms with van der Waals surface area (Å²) in [6, 6.07) is 2.00. The number of hydrogen-bond acceptors (Lipinski definition) is 4. The molecule has 1 fully saturated rings. The third-order valence-electron chi connectivity index (χ3n) is 3.98. The zero-order valence-corrected chi connectivity index (χ0v) is 13.1. The van der Waals surface area contributed by atoms with Gasteiger partial charge in [-0.05, 0) is 38.3 Å². The number of halogens is 2. The van der Waals surface area contributed by atoms with E-state index in [1.54, 1.807) is 12.4 Å². The molecule has 1 aliphatic heterocycles. The normalized spacial score (nSPS) is 21.8. The van der Waals surface area contributed by atoms with E-state index >= 15 is 0 Å². The molecule has 5 nitrogen and oxygen atoms in total. The summed E-state index contributed by atoms with van der Waals surface area (Å²) in [6.07, 6.45) is 5.37. The van der Waals surface area contributed by atoms with Gasteiger partial charge in [0.1, 0.15) is 5.15 Å². The minimum absolute atomic E-state index is 0. The minimum Gasteiger partial charge on any atom is -0.392 e. The Morgan fingerprint density at radius 3 is 3.00 bits per heavy atom. The van der Waals surface area contributed by atoms with Gasteiger partial charge in [-0.2, -0.15) is 0 Å². The van der Waals surface area contributed by atoms with Crippen LogP contribution in [0.1, 0.15) is 33.1 Å². The third-order valence-corrected chi connectivity index (χ3v) is 4.66. The quantitative estimate of drug-likeness (QED) is 0.835. The van der Waals surface area contributed by atoms with Crippen molar-refractivity contribution in [1.29, 1.82) is 0 Å². The maximum atomic E-state index is 9.94. The Balaban J connectivity index is 0.00000176. The zero-order chi connectivity index (χ0) is 14.8. The van der Waals surface area contributed by atoms with Gasteiger partial charge in [-0.3, -0.25) is 0 Å². The fourth-order valence-electron chi connectivity index (χ4n) is 2.83. The van der Waals surface area contributed by atoms with Crippen LogP contribution in [0.25, 0.3) is 11.2 Å². The lowest BCUT2D eigenvalue weighted by Gasteiger charge is -2.28. The number of nitrogens with zero attached hydrogens (tertiary/aromatic N) is 3. The highest BCUT2D eigenvalue weighted by molar-refractivity contribution is 6.41. The van der Waals surface area contributed by atoms with E-state index in [-0.39, 0.29) is 24.7 Å². The highest BCUT2D eigenvalue weighted by atomic mass is 35.5. The van der Waals surface area contributed by atoms with Crippen LogP contribution in [0.15, 0.2) is 12.4 Å². The van der Waals surface area contributed by atoms with Gasteiger partial charge in [-0.25, -0.2) is 9.97 Å². The van der Waals surface area contributed by atoms with E-state index in [9.17, 15) is 5.11 Å². The van der Waals surface area contributed by atoms with Gasteiger partial charge in [0.2, 0.25) is 0 Å². The molecule has 2 aromatic heterocycles. The molecule has 0 amide bonds. The standard InChI is InChI=1S/C14H18Cl2N4O.CH4/c15-9-7-11-14(19-13(9)16)18-8-20(11)6-2-3-10-12(21)4-1-5-17-10;/h7-8,10,12,17,21H,1-6H2;1H4/t10-,12+;/m1./s1. The van der Waals surface area contributed by atoms with E-state index in [2.05, 4.69) is 15.3 Å². The molecule has 0 radical (unpaired) electrons. The lowest BCUT2D eigenvalue weighted by atomic mass is 9.97. The molecule has 0 bridgehead atoms. The number of piperidine rings is 1. The van der Waals surface area contributed by atoms with Crippen molar-refractivity contribution in [2.45, 2.75) is 51.8 Å². The van der Waals surface area contributed by atoms with Crippen molar-refractivity contribution in [1.82, 2.24) is 19.9 Å². The van der Waals surface area contributed by atoms with Gasteiger partial charge < -0.3 is 15.0 Å². The predicted molar refractivity (Wildman–Crippen MR) is 90.5 cm³/mol. The van der Waals surface area contributed by atoms with Crippen LogP contribution >= 0.6 is 23.2 Å². The lowest BCUT2D eigenvalue weighted by molar-refractivity contribution is 0.0909. The maximum Gasteiger partial charge on any atom is 0.179 e. The van der Waals surface area contributed by atoms with Crippen molar-refractivity contribution in [3.05, 3.63) is 22.6 Å². The van der Waals surface area contributed by atoms with Crippen LogP contribution in [0.2, 0.25) is 10.2 Å². The number of imidazole rings is 1. The van der Waals surface area contributed by atoms with Crippen molar-refractivity contribution < 1.29 is 5.11 Å². The molecular weight excluding hydrogens is 323 g/mol. The topological polar surface area (TPSA) is 63.0 Å². The number of hydrogen-bond donors (Lipinski definition) is 2. The van der Waals surface area contributed by atoms with Gasteiger partial charge in [0.25, 0.3) is 0 Å². The lowest BCUT2D eigenvalue weighted by Crippen LogP contribution is -2.44. The van der Waals surface area contributed by atoms with Gasteiger partial charge >= 0.3 is 0 Å². The minimum atomic E-state index is -0.229. The summed E-state index contributed by atoms with van der Waals surface area (Å²) < 4.78 is 2.03. The Hall–Kier alpha value is -0.880. The molecule has 1 saturated heterocycles. The van der Waals surface area contributed by atoms with E-state index in [1.165, 1.54) is 0 Å². The third kappa shape index (κ3) is 3.71. The van der Waals surface area contributed by atoms with Crippen LogP contribution in [0, 0.1) is 0 Å². The number of rotatable bonds is 4. The molecule has 22 heavy (non-hydrogen) atoms. The summed E-state index contributed by atoms with van der Waals surface area (Å²) in [5.74, 6) is 0. The Morgan fingerprint density at radius 1 is 1.41 bits per heavy atom. The van der Waals surface area contributed by atoms with Crippen molar-refractivity contribution >= 4 is 34.4 Å². The molecule has 3 heterocycles. The van der Waals surface area contributed by atoms with Crippen LogP contribution in [-0.4, -0.2) is 38.3 Å². The molecule has 3 rings (SSSR count). The molecule has 2 aromatic rings. The monoisotopic (exact) mass is 344 g/mol. The average molecular weight is 345 g/mol. The SMILES string of the molecule is C.O[C@H]1CCCN[C@@H]1CCCn1cnc2nc(Cl)c(Cl)cc21. The van der Waals surface area contributed by atoms with Crippen LogP contribution in [0.4, 0.5) is 0 Å². The summed E-state index contributed by atoms with van der Waals surface area (Å²) >= 11 is 11.9. The van der Waals surface area contributed by atoms with Crippen LogP contribution in [0.5, 0.6) is 0 Å². The average Bonchev–Trinajstić information content (AvgIpc) is 2.84. The van der Waals surface area contributed by atoms with Crippen LogP contribution < -0.4 is 5.32 Å². The largest absolute Gasteiger partial charge is 0.392 e. The summed E-state index contributed by atoms with van der Waals surface area (Å²) in [7, 11) is 0. The fourth-order valence-corrected chi connectivity index (χ4v) is 3.11. The number of aromatic nitrogens is 3. The Bertz CT molecular complexity index is 631. The van der Waals surface area contributed by atoms with E-state index in [0.29, 0.717) is 10.7 Å². The molecular formula is C15H22Cl2N4O. The van der Waals surface area contributed by atoms with E-state index < -0.39 is 0 Å². The first-order chi connectivity index (χ1) is 10.1. The molecule has 0 spiro atoms. The number of fused-ring (bicyclic) bond motifs is 1. The summed E-state index contributed by atoms with van der Waals surface area (Å²) in [6.45, 7) is 1.81. The van der Waals surface area contributed by atoms with E-state index in [0.717, 1.165) is 44.3 Å². The number of pyridine rings is 1. The van der Waals surface area contributed by atoms with Crippen molar-refractivity contribution in [3.63, 3.8) is 0 Å². The Kier molecular flexibility index (Phi) is 6.03. The molecule has 122 valence electrons. The van der Waals surface area contributed by atoms with Crippen LogP contribution in [0.3, 0.4) is 0 Å². The van der Waals surface area contributed by atoms with Gasteiger partial charge in [0, 0.05) is 12.6 Å². The number of aliphatic hydroxyl groups excluding tert-OH is 1. The van der Waals surface area contributed by atoms with E-state index in [4.69, 9.17) is 23.2 Å². The van der Waals surface area contributed by atoms with Crippen molar-refractivity contribution in [2.24, 2.45) is 0 Å². The second-order valence-corrected chi connectivity index (χ2v) is 6.22. The van der Waals surface area contributed by atoms with Crippen molar-refractivity contribution in [2.75, 3.05) is 6.54 Å².